The van der Waals surface area contributed by atoms with E-state index in [9.17, 15) is 9.59 Å². The maximum Gasteiger partial charge on any atom is 0.412 e. The molecule has 0 radical (unpaired) electrons. The van der Waals surface area contributed by atoms with Crippen molar-refractivity contribution in [1.82, 2.24) is 4.90 Å². The van der Waals surface area contributed by atoms with Gasteiger partial charge in [-0.05, 0) is 38.5 Å². The molecule has 1 N–H and O–H groups in total. The van der Waals surface area contributed by atoms with Gasteiger partial charge in [0.15, 0.2) is 0 Å². The number of amides is 2. The highest BCUT2D eigenvalue weighted by Crippen LogP contribution is 2.13. The van der Waals surface area contributed by atoms with Crippen LogP contribution < -0.4 is 5.32 Å². The number of nitrogens with zero attached hydrogens (tertiary/aromatic N) is 1. The number of nitrogens with one attached hydrogen (secondary N) is 1. The molecule has 0 spiro atoms. The molecule has 0 aliphatic carbocycles. The van der Waals surface area contributed by atoms with Crippen LogP contribution in [0.25, 0.3) is 0 Å². The van der Waals surface area contributed by atoms with E-state index in [2.05, 4.69) is 5.32 Å². The molecule has 1 aromatic rings. The van der Waals surface area contributed by atoms with Crippen molar-refractivity contribution in [1.29, 1.82) is 0 Å². The Balaban J connectivity index is 2.59. The van der Waals surface area contributed by atoms with Gasteiger partial charge in [-0.2, -0.15) is 0 Å². The highest BCUT2D eigenvalue weighted by molar-refractivity contribution is 5.85. The average molecular weight is 278 g/mol. The highest BCUT2D eigenvalue weighted by atomic mass is 16.6. The molecule has 1 rings (SSSR count). The zero-order chi connectivity index (χ0) is 15.3. The van der Waals surface area contributed by atoms with Crippen LogP contribution >= 0.6 is 0 Å². The second-order valence-corrected chi connectivity index (χ2v) is 5.79. The normalized spacial score (nSPS) is 10.8. The molecule has 0 aromatic heterocycles. The van der Waals surface area contributed by atoms with E-state index in [-0.39, 0.29) is 5.91 Å². The summed E-state index contributed by atoms with van der Waals surface area (Å²) in [6, 6.07) is 7.13. The molecule has 0 saturated carbocycles. The van der Waals surface area contributed by atoms with Crippen molar-refractivity contribution in [2.75, 3.05) is 19.4 Å². The van der Waals surface area contributed by atoms with Crippen LogP contribution in [-0.4, -0.2) is 36.6 Å². The van der Waals surface area contributed by atoms with Gasteiger partial charge in [0.1, 0.15) is 5.60 Å². The lowest BCUT2D eigenvalue weighted by atomic mass is 10.1. The van der Waals surface area contributed by atoms with Crippen molar-refractivity contribution in [3.05, 3.63) is 29.8 Å². The first-order valence-corrected chi connectivity index (χ1v) is 6.46. The van der Waals surface area contributed by atoms with Gasteiger partial charge in [0.05, 0.1) is 6.42 Å². The minimum absolute atomic E-state index is 0.0397. The quantitative estimate of drug-likeness (QED) is 0.924. The zero-order valence-electron chi connectivity index (χ0n) is 12.7. The standard InChI is InChI=1S/C15H22N2O3/c1-15(2,3)20-14(19)16-12-8-6-11(7-9-12)10-13(18)17(4)5/h6-9H,10H2,1-5H3,(H,16,19). The number of carbonyl (C=O) groups is 2. The fourth-order valence-electron chi connectivity index (χ4n) is 1.46. The Morgan fingerprint density at radius 3 is 2.15 bits per heavy atom. The second kappa shape index (κ2) is 6.41. The maximum absolute atomic E-state index is 11.6. The number of hydrogen-bond acceptors (Lipinski definition) is 3. The van der Waals surface area contributed by atoms with Crippen LogP contribution in [0.2, 0.25) is 0 Å². The fraction of sp³-hybridized carbons (Fsp3) is 0.467. The summed E-state index contributed by atoms with van der Waals surface area (Å²) in [5.74, 6) is 0.0397. The Kier molecular flexibility index (Phi) is 5.13. The SMILES string of the molecule is CN(C)C(=O)Cc1ccc(NC(=O)OC(C)(C)C)cc1. The number of anilines is 1. The minimum Gasteiger partial charge on any atom is -0.444 e. The first-order valence-electron chi connectivity index (χ1n) is 6.46. The van der Waals surface area contributed by atoms with Gasteiger partial charge in [-0.15, -0.1) is 0 Å². The Bertz CT molecular complexity index is 473. The van der Waals surface area contributed by atoms with Crippen LogP contribution in [0.15, 0.2) is 24.3 Å². The van der Waals surface area contributed by atoms with Gasteiger partial charge in [0, 0.05) is 19.8 Å². The summed E-state index contributed by atoms with van der Waals surface area (Å²) in [4.78, 5) is 24.7. The third-order valence-electron chi connectivity index (χ3n) is 2.45. The predicted octanol–water partition coefficient (Wildman–Crippen LogP) is 2.66. The van der Waals surface area contributed by atoms with E-state index in [1.807, 2.05) is 32.9 Å². The van der Waals surface area contributed by atoms with Crippen LogP contribution in [0.3, 0.4) is 0 Å². The third kappa shape index (κ3) is 5.73. The molecule has 20 heavy (non-hydrogen) atoms. The number of hydrogen-bond donors (Lipinski definition) is 1. The number of rotatable bonds is 3. The smallest absolute Gasteiger partial charge is 0.412 e. The van der Waals surface area contributed by atoms with Crippen molar-refractivity contribution in [3.63, 3.8) is 0 Å². The number of carbonyl (C=O) groups excluding carboxylic acids is 2. The Hall–Kier alpha value is -2.04. The van der Waals surface area contributed by atoms with Crippen molar-refractivity contribution >= 4 is 17.7 Å². The molecule has 110 valence electrons. The van der Waals surface area contributed by atoms with Crippen molar-refractivity contribution in [3.8, 4) is 0 Å². The van der Waals surface area contributed by atoms with Gasteiger partial charge in [-0.3, -0.25) is 10.1 Å². The van der Waals surface area contributed by atoms with Crippen LogP contribution in [0.5, 0.6) is 0 Å². The van der Waals surface area contributed by atoms with Gasteiger partial charge < -0.3 is 9.64 Å². The second-order valence-electron chi connectivity index (χ2n) is 5.79. The summed E-state index contributed by atoms with van der Waals surface area (Å²) >= 11 is 0. The molecule has 0 heterocycles. The zero-order valence-corrected chi connectivity index (χ0v) is 12.7. The van der Waals surface area contributed by atoms with Crippen molar-refractivity contribution in [2.24, 2.45) is 0 Å². The summed E-state index contributed by atoms with van der Waals surface area (Å²) in [7, 11) is 3.45. The summed E-state index contributed by atoms with van der Waals surface area (Å²) in [5, 5.41) is 2.65. The lowest BCUT2D eigenvalue weighted by Crippen LogP contribution is -2.27. The van der Waals surface area contributed by atoms with E-state index in [1.54, 1.807) is 31.1 Å². The first-order chi connectivity index (χ1) is 9.17. The molecule has 0 unspecified atom stereocenters. The molecule has 0 saturated heterocycles. The summed E-state index contributed by atoms with van der Waals surface area (Å²) in [6.07, 6.45) is -0.144. The van der Waals surface area contributed by atoms with E-state index in [0.29, 0.717) is 12.1 Å². The number of benzene rings is 1. The molecule has 0 aliphatic rings. The van der Waals surface area contributed by atoms with Crippen molar-refractivity contribution < 1.29 is 14.3 Å². The van der Waals surface area contributed by atoms with Gasteiger partial charge in [-0.25, -0.2) is 4.79 Å². The molecule has 5 heteroatoms. The minimum atomic E-state index is -0.526. The molecule has 0 fully saturated rings. The predicted molar refractivity (Wildman–Crippen MR) is 78.7 cm³/mol. The number of likely N-dealkylation sites (N-methyl/N-ethyl adjacent to an activating group) is 1. The molecule has 0 atom stereocenters. The molecule has 2 amide bonds. The monoisotopic (exact) mass is 278 g/mol. The summed E-state index contributed by atoms with van der Waals surface area (Å²) < 4.78 is 5.16. The topological polar surface area (TPSA) is 58.6 Å². The van der Waals surface area contributed by atoms with Gasteiger partial charge in [0.2, 0.25) is 5.91 Å². The van der Waals surface area contributed by atoms with E-state index in [4.69, 9.17) is 4.74 Å². The molecular weight excluding hydrogens is 256 g/mol. The molecule has 5 nitrogen and oxygen atoms in total. The lowest BCUT2D eigenvalue weighted by molar-refractivity contribution is -0.127. The largest absolute Gasteiger partial charge is 0.444 e. The van der Waals surface area contributed by atoms with Gasteiger partial charge in [0.25, 0.3) is 0 Å². The average Bonchev–Trinajstić information content (AvgIpc) is 2.28. The number of ether oxygens (including phenoxy) is 1. The summed E-state index contributed by atoms with van der Waals surface area (Å²) in [6.45, 7) is 5.42. The Morgan fingerprint density at radius 1 is 1.15 bits per heavy atom. The van der Waals surface area contributed by atoms with Crippen LogP contribution in [-0.2, 0) is 16.0 Å². The fourth-order valence-corrected chi connectivity index (χ4v) is 1.46. The summed E-state index contributed by atoms with van der Waals surface area (Å²) in [5.41, 5.74) is 1.01. The first kappa shape index (κ1) is 16.0. The van der Waals surface area contributed by atoms with Crippen LogP contribution in [0.4, 0.5) is 10.5 Å². The molecule has 1 aromatic carbocycles. The van der Waals surface area contributed by atoms with E-state index >= 15 is 0 Å². The Labute approximate surface area is 119 Å². The van der Waals surface area contributed by atoms with Crippen LogP contribution in [0, 0.1) is 0 Å². The lowest BCUT2D eigenvalue weighted by Gasteiger charge is -2.19. The van der Waals surface area contributed by atoms with Gasteiger partial charge in [-0.1, -0.05) is 12.1 Å². The highest BCUT2D eigenvalue weighted by Gasteiger charge is 2.16. The van der Waals surface area contributed by atoms with E-state index < -0.39 is 11.7 Å². The molecular formula is C15H22N2O3. The van der Waals surface area contributed by atoms with E-state index in [1.165, 1.54) is 0 Å². The molecule has 0 bridgehead atoms. The van der Waals surface area contributed by atoms with Gasteiger partial charge >= 0.3 is 6.09 Å². The van der Waals surface area contributed by atoms with E-state index in [0.717, 1.165) is 5.56 Å². The molecule has 0 aliphatic heterocycles. The Morgan fingerprint density at radius 2 is 1.70 bits per heavy atom. The maximum atomic E-state index is 11.6. The van der Waals surface area contributed by atoms with Crippen molar-refractivity contribution in [2.45, 2.75) is 32.8 Å². The van der Waals surface area contributed by atoms with Crippen LogP contribution in [0.1, 0.15) is 26.3 Å². The third-order valence-corrected chi connectivity index (χ3v) is 2.45.